The van der Waals surface area contributed by atoms with E-state index in [2.05, 4.69) is 5.32 Å². The van der Waals surface area contributed by atoms with Crippen molar-refractivity contribution >= 4 is 5.97 Å². The predicted molar refractivity (Wildman–Crippen MR) is 53.2 cm³/mol. The number of hydrogen-bond donors (Lipinski definition) is 2. The Kier molecular flexibility index (Phi) is 4.35. The number of rotatable bonds is 7. The van der Waals surface area contributed by atoms with Crippen molar-refractivity contribution in [1.82, 2.24) is 5.32 Å². The van der Waals surface area contributed by atoms with Gasteiger partial charge in [-0.2, -0.15) is 0 Å². The maximum atomic E-state index is 10.9. The third-order valence-electron chi connectivity index (χ3n) is 2.59. The molecule has 0 amide bonds. The van der Waals surface area contributed by atoms with Gasteiger partial charge in [-0.15, -0.1) is 0 Å². The van der Waals surface area contributed by atoms with Crippen LogP contribution in [0.25, 0.3) is 0 Å². The van der Waals surface area contributed by atoms with Crippen LogP contribution in [0.15, 0.2) is 0 Å². The van der Waals surface area contributed by atoms with Crippen LogP contribution in [0, 0.1) is 11.8 Å². The van der Waals surface area contributed by atoms with Crippen molar-refractivity contribution in [2.24, 2.45) is 11.8 Å². The van der Waals surface area contributed by atoms with Gasteiger partial charge in [0.15, 0.2) is 0 Å². The second kappa shape index (κ2) is 5.32. The summed E-state index contributed by atoms with van der Waals surface area (Å²) in [6.45, 7) is 3.20. The molecule has 0 saturated heterocycles. The molecule has 1 rings (SSSR count). The number of hydrogen-bond acceptors (Lipinski definition) is 3. The maximum Gasteiger partial charge on any atom is 0.321 e. The molecule has 2 atom stereocenters. The van der Waals surface area contributed by atoms with Gasteiger partial charge in [-0.25, -0.2) is 0 Å². The smallest absolute Gasteiger partial charge is 0.321 e. The third-order valence-corrected chi connectivity index (χ3v) is 2.59. The molecule has 1 saturated carbocycles. The number of ether oxygens (including phenoxy) is 1. The third kappa shape index (κ3) is 3.64. The summed E-state index contributed by atoms with van der Waals surface area (Å²) in [6.07, 6.45) is 2.47. The lowest BCUT2D eigenvalue weighted by Gasteiger charge is -2.20. The van der Waals surface area contributed by atoms with E-state index in [1.165, 1.54) is 12.8 Å². The Bertz CT molecular complexity index is 192. The topological polar surface area (TPSA) is 58.6 Å². The Morgan fingerprint density at radius 3 is 2.71 bits per heavy atom. The first-order chi connectivity index (χ1) is 6.65. The summed E-state index contributed by atoms with van der Waals surface area (Å²) in [5.74, 6) is -0.0713. The highest BCUT2D eigenvalue weighted by molar-refractivity contribution is 5.73. The molecule has 0 aromatic heterocycles. The molecule has 0 spiro atoms. The summed E-state index contributed by atoms with van der Waals surface area (Å²) in [5.41, 5.74) is 0. The van der Waals surface area contributed by atoms with Gasteiger partial charge in [-0.05, 0) is 25.3 Å². The maximum absolute atomic E-state index is 10.9. The molecule has 1 aliphatic rings. The first-order valence-corrected chi connectivity index (χ1v) is 5.10. The Labute approximate surface area is 84.6 Å². The van der Waals surface area contributed by atoms with Crippen LogP contribution >= 0.6 is 0 Å². The Morgan fingerprint density at radius 1 is 1.64 bits per heavy atom. The number of carboxylic acid groups (broad SMARTS) is 1. The molecule has 0 aliphatic heterocycles. The van der Waals surface area contributed by atoms with Gasteiger partial charge in [0.1, 0.15) is 6.04 Å². The highest BCUT2D eigenvalue weighted by Crippen LogP contribution is 2.27. The fourth-order valence-corrected chi connectivity index (χ4v) is 1.51. The summed E-state index contributed by atoms with van der Waals surface area (Å²) < 4.78 is 4.95. The fraction of sp³-hybridized carbons (Fsp3) is 0.900. The minimum atomic E-state index is -0.782. The van der Waals surface area contributed by atoms with Crippen molar-refractivity contribution in [1.29, 1.82) is 0 Å². The molecule has 0 aromatic carbocycles. The van der Waals surface area contributed by atoms with E-state index in [-0.39, 0.29) is 5.92 Å². The van der Waals surface area contributed by atoms with Gasteiger partial charge in [-0.1, -0.05) is 6.92 Å². The van der Waals surface area contributed by atoms with Crippen LogP contribution in [0.4, 0.5) is 0 Å². The van der Waals surface area contributed by atoms with E-state index in [1.54, 1.807) is 7.11 Å². The number of carboxylic acids is 1. The van der Waals surface area contributed by atoms with Gasteiger partial charge >= 0.3 is 5.97 Å². The van der Waals surface area contributed by atoms with Gasteiger partial charge in [0.05, 0.1) is 6.61 Å². The normalized spacial score (nSPS) is 20.4. The minimum absolute atomic E-state index is 0.0104. The SMILES string of the molecule is COCC(C)C(NCC1CC1)C(=O)O. The van der Waals surface area contributed by atoms with Crippen LogP contribution in [0.2, 0.25) is 0 Å². The molecule has 2 N–H and O–H groups in total. The van der Waals surface area contributed by atoms with E-state index < -0.39 is 12.0 Å². The van der Waals surface area contributed by atoms with Gasteiger partial charge in [0.25, 0.3) is 0 Å². The minimum Gasteiger partial charge on any atom is -0.480 e. The highest BCUT2D eigenvalue weighted by Gasteiger charge is 2.28. The predicted octanol–water partition coefficient (Wildman–Crippen LogP) is 0.722. The van der Waals surface area contributed by atoms with Gasteiger partial charge in [-0.3, -0.25) is 4.79 Å². The van der Waals surface area contributed by atoms with Crippen LogP contribution < -0.4 is 5.32 Å². The summed E-state index contributed by atoms with van der Waals surface area (Å²) >= 11 is 0. The average Bonchev–Trinajstić information content (AvgIpc) is 2.88. The summed E-state index contributed by atoms with van der Waals surface area (Å²) in [4.78, 5) is 10.9. The first-order valence-electron chi connectivity index (χ1n) is 5.10. The van der Waals surface area contributed by atoms with Gasteiger partial charge in [0, 0.05) is 13.0 Å². The van der Waals surface area contributed by atoms with E-state index >= 15 is 0 Å². The molecule has 1 fully saturated rings. The van der Waals surface area contributed by atoms with E-state index in [1.807, 2.05) is 6.92 Å². The second-order valence-electron chi connectivity index (χ2n) is 4.10. The molecule has 2 unspecified atom stereocenters. The molecule has 82 valence electrons. The van der Waals surface area contributed by atoms with E-state index in [0.29, 0.717) is 12.5 Å². The van der Waals surface area contributed by atoms with Crippen LogP contribution in [0.1, 0.15) is 19.8 Å². The number of nitrogens with one attached hydrogen (secondary N) is 1. The molecule has 0 radical (unpaired) electrons. The van der Waals surface area contributed by atoms with Crippen molar-refractivity contribution < 1.29 is 14.6 Å². The average molecular weight is 201 g/mol. The molecule has 14 heavy (non-hydrogen) atoms. The highest BCUT2D eigenvalue weighted by atomic mass is 16.5. The lowest BCUT2D eigenvalue weighted by molar-refractivity contribution is -0.141. The molecule has 0 bridgehead atoms. The largest absolute Gasteiger partial charge is 0.480 e. The van der Waals surface area contributed by atoms with Gasteiger partial charge < -0.3 is 15.2 Å². The van der Waals surface area contributed by atoms with E-state index in [9.17, 15) is 4.79 Å². The molecular formula is C10H19NO3. The molecule has 1 aliphatic carbocycles. The number of carbonyl (C=O) groups is 1. The first kappa shape index (κ1) is 11.5. The zero-order valence-electron chi connectivity index (χ0n) is 8.82. The zero-order valence-corrected chi connectivity index (χ0v) is 8.82. The second-order valence-corrected chi connectivity index (χ2v) is 4.10. The van der Waals surface area contributed by atoms with Crippen molar-refractivity contribution in [3.05, 3.63) is 0 Å². The molecular weight excluding hydrogens is 182 g/mol. The van der Waals surface area contributed by atoms with Gasteiger partial charge in [0.2, 0.25) is 0 Å². The standard InChI is InChI=1S/C10H19NO3/c1-7(6-14-2)9(10(12)13)11-5-8-3-4-8/h7-9,11H,3-6H2,1-2H3,(H,12,13). The molecule has 4 heteroatoms. The Morgan fingerprint density at radius 2 is 2.29 bits per heavy atom. The van der Waals surface area contributed by atoms with Crippen LogP contribution in [0.5, 0.6) is 0 Å². The van der Waals surface area contributed by atoms with Crippen molar-refractivity contribution in [2.75, 3.05) is 20.3 Å². The zero-order chi connectivity index (χ0) is 10.6. The monoisotopic (exact) mass is 201 g/mol. The van der Waals surface area contributed by atoms with E-state index in [0.717, 1.165) is 6.54 Å². The summed E-state index contributed by atoms with van der Waals surface area (Å²) in [6, 6.07) is -0.476. The number of methoxy groups -OCH3 is 1. The molecule has 4 nitrogen and oxygen atoms in total. The summed E-state index contributed by atoms with van der Waals surface area (Å²) in [7, 11) is 1.59. The van der Waals surface area contributed by atoms with Crippen LogP contribution in [-0.4, -0.2) is 37.4 Å². The van der Waals surface area contributed by atoms with Crippen LogP contribution in [0.3, 0.4) is 0 Å². The molecule has 0 heterocycles. The van der Waals surface area contributed by atoms with Crippen LogP contribution in [-0.2, 0) is 9.53 Å². The summed E-state index contributed by atoms with van der Waals surface area (Å²) in [5, 5.41) is 12.1. The molecule has 0 aromatic rings. The Hall–Kier alpha value is -0.610. The van der Waals surface area contributed by atoms with Crippen molar-refractivity contribution in [3.8, 4) is 0 Å². The van der Waals surface area contributed by atoms with Crippen molar-refractivity contribution in [3.63, 3.8) is 0 Å². The lowest BCUT2D eigenvalue weighted by atomic mass is 10.0. The number of aliphatic carboxylic acids is 1. The quantitative estimate of drug-likeness (QED) is 0.637. The fourth-order valence-electron chi connectivity index (χ4n) is 1.51. The lowest BCUT2D eigenvalue weighted by Crippen LogP contribution is -2.44. The Balaban J connectivity index is 2.31. The van der Waals surface area contributed by atoms with E-state index in [4.69, 9.17) is 9.84 Å². The van der Waals surface area contributed by atoms with Crippen molar-refractivity contribution in [2.45, 2.75) is 25.8 Å².